The Kier molecular flexibility index (Phi) is 66.8. The van der Waals surface area contributed by atoms with Crippen LogP contribution < -0.4 is 0 Å². The van der Waals surface area contributed by atoms with Gasteiger partial charge in [0.05, 0.1) is 26.4 Å². The van der Waals surface area contributed by atoms with Crippen LogP contribution in [0.1, 0.15) is 394 Å². The van der Waals surface area contributed by atoms with Crippen molar-refractivity contribution in [3.63, 3.8) is 0 Å². The van der Waals surface area contributed by atoms with Crippen LogP contribution in [0.5, 0.6) is 0 Å². The van der Waals surface area contributed by atoms with Gasteiger partial charge in [-0.3, -0.25) is 37.3 Å². The average molecular weight is 1380 g/mol. The zero-order chi connectivity index (χ0) is 69.1. The molecule has 17 nitrogen and oxygen atoms in total. The van der Waals surface area contributed by atoms with E-state index in [4.69, 9.17) is 37.0 Å². The number of hydrogen-bond donors (Lipinski definition) is 3. The molecule has 3 N–H and O–H groups in total. The smallest absolute Gasteiger partial charge is 0.462 e. The molecule has 0 saturated carbocycles. The summed E-state index contributed by atoms with van der Waals surface area (Å²) in [6, 6.07) is 0. The van der Waals surface area contributed by atoms with Crippen LogP contribution >= 0.6 is 15.6 Å². The first-order valence-electron chi connectivity index (χ1n) is 39.1. The fourth-order valence-corrected chi connectivity index (χ4v) is 13.1. The maximum absolute atomic E-state index is 13.1. The number of aliphatic hydroxyl groups excluding tert-OH is 1. The second kappa shape index (κ2) is 68.2. The highest BCUT2D eigenvalue weighted by Gasteiger charge is 2.30. The minimum absolute atomic E-state index is 0.108. The number of rotatable bonds is 75. The van der Waals surface area contributed by atoms with Gasteiger partial charge >= 0.3 is 39.5 Å². The molecule has 0 heterocycles. The lowest BCUT2D eigenvalue weighted by Gasteiger charge is -2.21. The lowest BCUT2D eigenvalue weighted by Crippen LogP contribution is -2.30. The highest BCUT2D eigenvalue weighted by atomic mass is 31.2. The molecule has 0 aromatic heterocycles. The molecule has 19 heteroatoms. The van der Waals surface area contributed by atoms with Crippen molar-refractivity contribution in [2.75, 3.05) is 39.6 Å². The maximum atomic E-state index is 13.1. The first-order valence-corrected chi connectivity index (χ1v) is 42.1. The molecule has 94 heavy (non-hydrogen) atoms. The van der Waals surface area contributed by atoms with Crippen LogP contribution in [-0.4, -0.2) is 96.7 Å². The van der Waals surface area contributed by atoms with Crippen molar-refractivity contribution in [3.8, 4) is 0 Å². The molecule has 0 aliphatic carbocycles. The summed E-state index contributed by atoms with van der Waals surface area (Å²) in [5, 5.41) is 10.6. The van der Waals surface area contributed by atoms with Gasteiger partial charge in [-0.2, -0.15) is 0 Å². The predicted molar refractivity (Wildman–Crippen MR) is 382 cm³/mol. The van der Waals surface area contributed by atoms with Gasteiger partial charge in [0, 0.05) is 25.7 Å². The molecule has 0 spiro atoms. The van der Waals surface area contributed by atoms with Crippen LogP contribution in [0.4, 0.5) is 0 Å². The minimum atomic E-state index is -4.95. The SMILES string of the molecule is CCCCCCCCCCCCCCCCCCC(=O)OC[C@H](COP(=O)(O)OC[C@@H](O)COP(=O)(O)OC[C@@H](COC(=O)CCCCCCC)OC(=O)CCCCCCCCCCCCCCCCCC)OC(=O)CCCCCCCCCCCCCCCCC(C)C. The third kappa shape index (κ3) is 68.6. The second-order valence-corrected chi connectivity index (χ2v) is 30.4. The van der Waals surface area contributed by atoms with Gasteiger partial charge in [0.2, 0.25) is 0 Å². The summed E-state index contributed by atoms with van der Waals surface area (Å²) in [7, 11) is -9.90. The highest BCUT2D eigenvalue weighted by molar-refractivity contribution is 7.47. The summed E-state index contributed by atoms with van der Waals surface area (Å²) in [6.45, 7) is 7.23. The molecular weight excluding hydrogens is 1230 g/mol. The lowest BCUT2D eigenvalue weighted by molar-refractivity contribution is -0.161. The van der Waals surface area contributed by atoms with Gasteiger partial charge in [0.25, 0.3) is 0 Å². The van der Waals surface area contributed by atoms with Crippen LogP contribution in [0.15, 0.2) is 0 Å². The van der Waals surface area contributed by atoms with Crippen molar-refractivity contribution in [1.82, 2.24) is 0 Å². The number of aliphatic hydroxyl groups is 1. The molecule has 0 saturated heterocycles. The molecule has 0 aromatic carbocycles. The van der Waals surface area contributed by atoms with Crippen molar-refractivity contribution < 1.29 is 80.2 Å². The van der Waals surface area contributed by atoms with Gasteiger partial charge in [-0.05, 0) is 31.6 Å². The van der Waals surface area contributed by atoms with Crippen molar-refractivity contribution in [1.29, 1.82) is 0 Å². The molecule has 0 amide bonds. The zero-order valence-corrected chi connectivity index (χ0v) is 62.9. The van der Waals surface area contributed by atoms with Crippen molar-refractivity contribution in [2.24, 2.45) is 5.92 Å². The zero-order valence-electron chi connectivity index (χ0n) is 61.1. The van der Waals surface area contributed by atoms with E-state index < -0.39 is 97.5 Å². The fraction of sp³-hybridized carbons (Fsp3) is 0.947. The van der Waals surface area contributed by atoms with Gasteiger partial charge in [-0.15, -0.1) is 0 Å². The first-order chi connectivity index (χ1) is 45.5. The number of carbonyl (C=O) groups is 4. The standard InChI is InChI=1S/C75H146O17P2/c1-6-9-12-15-17-19-21-23-25-27-32-36-40-44-49-54-59-73(78)86-65-71(92-75(80)61-56-51-46-42-38-34-30-29-31-35-39-43-48-52-57-68(4)5)67-90-94(83,84)88-63-69(76)62-87-93(81,82)89-66-70(64-85-72(77)58-53-47-14-11-8-3)91-74(79)60-55-50-45-41-37-33-28-26-24-22-20-18-16-13-10-7-2/h68-71,76H,6-67H2,1-5H3,(H,81,82)(H,83,84)/t69-,70+,71+/m0/s1. The Bertz CT molecular complexity index is 1810. The van der Waals surface area contributed by atoms with E-state index in [2.05, 4.69) is 34.6 Å². The summed E-state index contributed by atoms with van der Waals surface area (Å²) in [5.41, 5.74) is 0. The van der Waals surface area contributed by atoms with Gasteiger partial charge in [-0.1, -0.05) is 343 Å². The van der Waals surface area contributed by atoms with E-state index in [-0.39, 0.29) is 25.7 Å². The summed E-state index contributed by atoms with van der Waals surface area (Å²) >= 11 is 0. The maximum Gasteiger partial charge on any atom is 0.472 e. The van der Waals surface area contributed by atoms with Crippen LogP contribution in [0.3, 0.4) is 0 Å². The van der Waals surface area contributed by atoms with E-state index in [9.17, 15) is 43.2 Å². The van der Waals surface area contributed by atoms with E-state index in [1.165, 1.54) is 212 Å². The molecule has 0 fully saturated rings. The number of esters is 4. The molecule has 558 valence electrons. The van der Waals surface area contributed by atoms with E-state index in [1.54, 1.807) is 0 Å². The third-order valence-corrected chi connectivity index (χ3v) is 19.4. The van der Waals surface area contributed by atoms with Crippen LogP contribution in [-0.2, 0) is 65.4 Å². The molecule has 5 atom stereocenters. The van der Waals surface area contributed by atoms with E-state index in [1.807, 2.05) is 0 Å². The Morgan fingerprint density at radius 2 is 0.489 bits per heavy atom. The van der Waals surface area contributed by atoms with Crippen LogP contribution in [0.25, 0.3) is 0 Å². The fourth-order valence-electron chi connectivity index (χ4n) is 11.5. The Balaban J connectivity index is 5.14. The summed E-state index contributed by atoms with van der Waals surface area (Å²) in [6.07, 6.45) is 57.2. The number of phosphoric acid groups is 2. The lowest BCUT2D eigenvalue weighted by atomic mass is 10.0. The molecular formula is C75H146O17P2. The first kappa shape index (κ1) is 92.1. The molecule has 2 unspecified atom stereocenters. The molecule has 0 aromatic rings. The number of carbonyl (C=O) groups excluding carboxylic acids is 4. The number of phosphoric ester groups is 2. The number of unbranched alkanes of at least 4 members (excludes halogenated alkanes) is 47. The Hall–Kier alpha value is -1.94. The van der Waals surface area contributed by atoms with Crippen molar-refractivity contribution >= 4 is 39.5 Å². The largest absolute Gasteiger partial charge is 0.472 e. The number of ether oxygens (including phenoxy) is 4. The van der Waals surface area contributed by atoms with Crippen LogP contribution in [0, 0.1) is 5.92 Å². The molecule has 0 bridgehead atoms. The molecule has 0 rings (SSSR count). The van der Waals surface area contributed by atoms with Gasteiger partial charge < -0.3 is 33.8 Å². The highest BCUT2D eigenvalue weighted by Crippen LogP contribution is 2.45. The normalized spacial score (nSPS) is 14.0. The minimum Gasteiger partial charge on any atom is -0.462 e. The molecule has 0 radical (unpaired) electrons. The second-order valence-electron chi connectivity index (χ2n) is 27.5. The predicted octanol–water partition coefficient (Wildman–Crippen LogP) is 22.1. The monoisotopic (exact) mass is 1380 g/mol. The van der Waals surface area contributed by atoms with Crippen molar-refractivity contribution in [2.45, 2.75) is 412 Å². The van der Waals surface area contributed by atoms with E-state index in [0.717, 1.165) is 102 Å². The Morgan fingerprint density at radius 3 is 0.723 bits per heavy atom. The van der Waals surface area contributed by atoms with Gasteiger partial charge in [-0.25, -0.2) is 9.13 Å². The molecule has 0 aliphatic heterocycles. The summed E-state index contributed by atoms with van der Waals surface area (Å²) in [5.74, 6) is -1.33. The van der Waals surface area contributed by atoms with Gasteiger partial charge in [0.1, 0.15) is 19.3 Å². The topological polar surface area (TPSA) is 237 Å². The quantitative estimate of drug-likeness (QED) is 0.0222. The van der Waals surface area contributed by atoms with E-state index >= 15 is 0 Å². The number of hydrogen-bond acceptors (Lipinski definition) is 15. The average Bonchev–Trinajstić information content (AvgIpc) is 2.39. The van der Waals surface area contributed by atoms with Crippen molar-refractivity contribution in [3.05, 3.63) is 0 Å². The van der Waals surface area contributed by atoms with Crippen LogP contribution in [0.2, 0.25) is 0 Å². The summed E-state index contributed by atoms with van der Waals surface area (Å²) in [4.78, 5) is 72.5. The Labute approximate surface area is 575 Å². The Morgan fingerprint density at radius 1 is 0.287 bits per heavy atom. The third-order valence-electron chi connectivity index (χ3n) is 17.5. The van der Waals surface area contributed by atoms with Gasteiger partial charge in [0.15, 0.2) is 12.2 Å². The van der Waals surface area contributed by atoms with E-state index in [0.29, 0.717) is 25.7 Å². The molecule has 0 aliphatic rings. The summed E-state index contributed by atoms with van der Waals surface area (Å²) < 4.78 is 68.3.